The van der Waals surface area contributed by atoms with Crippen molar-refractivity contribution >= 4 is 11.7 Å². The average molecular weight is 458 g/mol. The lowest BCUT2D eigenvalue weighted by atomic mass is 9.88. The maximum atomic E-state index is 12.8. The highest BCUT2D eigenvalue weighted by Crippen LogP contribution is 2.45. The number of fused-ring (bicyclic) bond motifs is 2. The second-order valence-corrected chi connectivity index (χ2v) is 10.2. The Morgan fingerprint density at radius 1 is 0.941 bits per heavy atom. The van der Waals surface area contributed by atoms with E-state index in [9.17, 15) is 9.59 Å². The normalized spacial score (nSPS) is 23.9. The first kappa shape index (κ1) is 22.9. The third-order valence-corrected chi connectivity index (χ3v) is 7.85. The summed E-state index contributed by atoms with van der Waals surface area (Å²) in [4.78, 5) is 27.3. The van der Waals surface area contributed by atoms with Crippen LogP contribution in [0.5, 0.6) is 5.75 Å². The van der Waals surface area contributed by atoms with E-state index >= 15 is 0 Å². The second kappa shape index (κ2) is 10.6. The van der Waals surface area contributed by atoms with Gasteiger partial charge in [-0.2, -0.15) is 0 Å². The molecular formula is C30H35NO3. The molecule has 0 aromatic heterocycles. The number of benzene rings is 2. The van der Waals surface area contributed by atoms with Gasteiger partial charge < -0.3 is 9.64 Å². The molecule has 4 nitrogen and oxygen atoms in total. The number of rotatable bonds is 9. The minimum Gasteiger partial charge on any atom is -0.490 e. The van der Waals surface area contributed by atoms with E-state index in [4.69, 9.17) is 4.74 Å². The Kier molecular flexibility index (Phi) is 7.13. The highest BCUT2D eigenvalue weighted by Gasteiger charge is 2.35. The standard InChI is InChI=1S/C30H35NO3/c32-29(11-5-8-24-18-23-12-13-25(24)19-23)26-9-4-10-28(21-26)34-27-14-16-31(17-15-27)30(33)20-22-6-2-1-3-7-22/h1-4,6-7,9-10,12-13,21,23-25,27H,5,8,11,14-20H2. The zero-order valence-electron chi connectivity index (χ0n) is 19.9. The number of ether oxygens (including phenoxy) is 1. The van der Waals surface area contributed by atoms with Crippen LogP contribution >= 0.6 is 0 Å². The number of ketones is 1. The molecule has 3 atom stereocenters. The van der Waals surface area contributed by atoms with Crippen LogP contribution in [0.4, 0.5) is 0 Å². The highest BCUT2D eigenvalue weighted by atomic mass is 16.5. The van der Waals surface area contributed by atoms with Crippen LogP contribution in [0, 0.1) is 17.8 Å². The molecule has 3 unspecified atom stereocenters. The summed E-state index contributed by atoms with van der Waals surface area (Å²) >= 11 is 0. The fourth-order valence-corrected chi connectivity index (χ4v) is 5.94. The summed E-state index contributed by atoms with van der Waals surface area (Å²) < 4.78 is 6.21. The molecule has 0 N–H and O–H groups in total. The van der Waals surface area contributed by atoms with Crippen molar-refractivity contribution in [2.45, 2.75) is 57.5 Å². The maximum absolute atomic E-state index is 12.8. The summed E-state index contributed by atoms with van der Waals surface area (Å²) in [5.74, 6) is 3.50. The van der Waals surface area contributed by atoms with Crippen molar-refractivity contribution in [3.8, 4) is 5.75 Å². The van der Waals surface area contributed by atoms with Crippen molar-refractivity contribution in [3.05, 3.63) is 77.9 Å². The van der Waals surface area contributed by atoms with Crippen molar-refractivity contribution in [2.24, 2.45) is 17.8 Å². The predicted molar refractivity (Wildman–Crippen MR) is 134 cm³/mol. The third-order valence-electron chi connectivity index (χ3n) is 7.85. The molecule has 1 saturated heterocycles. The average Bonchev–Trinajstić information content (AvgIpc) is 3.49. The number of nitrogens with zero attached hydrogens (tertiary/aromatic N) is 1. The number of hydrogen-bond acceptors (Lipinski definition) is 3. The SMILES string of the molecule is O=C(CCCC1CC2C=CC1C2)c1cccc(OC2CCN(C(=O)Cc3ccccc3)CC2)c1. The van der Waals surface area contributed by atoms with Crippen LogP contribution in [-0.4, -0.2) is 35.8 Å². The maximum Gasteiger partial charge on any atom is 0.226 e. The quantitative estimate of drug-likeness (QED) is 0.350. The van der Waals surface area contributed by atoms with Crippen molar-refractivity contribution in [3.63, 3.8) is 0 Å². The molecule has 1 aliphatic heterocycles. The van der Waals surface area contributed by atoms with Crippen molar-refractivity contribution in [1.29, 1.82) is 0 Å². The van der Waals surface area contributed by atoms with Gasteiger partial charge in [-0.15, -0.1) is 0 Å². The van der Waals surface area contributed by atoms with Gasteiger partial charge in [0.2, 0.25) is 5.91 Å². The fourth-order valence-electron chi connectivity index (χ4n) is 5.94. The molecule has 2 fully saturated rings. The van der Waals surface area contributed by atoms with Crippen LogP contribution in [0.15, 0.2) is 66.7 Å². The van der Waals surface area contributed by atoms with Crippen LogP contribution in [0.25, 0.3) is 0 Å². The number of amides is 1. The van der Waals surface area contributed by atoms with E-state index in [0.29, 0.717) is 25.9 Å². The minimum absolute atomic E-state index is 0.0805. The van der Waals surface area contributed by atoms with Gasteiger partial charge in [-0.05, 0) is 61.1 Å². The fraction of sp³-hybridized carbons (Fsp3) is 0.467. The number of allylic oxidation sites excluding steroid dienone is 2. The van der Waals surface area contributed by atoms with Gasteiger partial charge in [0.1, 0.15) is 11.9 Å². The van der Waals surface area contributed by atoms with Gasteiger partial charge in [0.15, 0.2) is 5.78 Å². The summed E-state index contributed by atoms with van der Waals surface area (Å²) in [5, 5.41) is 0. The van der Waals surface area contributed by atoms with E-state index in [1.165, 1.54) is 12.8 Å². The zero-order chi connectivity index (χ0) is 23.3. The topological polar surface area (TPSA) is 46.6 Å². The smallest absolute Gasteiger partial charge is 0.226 e. The molecule has 2 bridgehead atoms. The Labute approximate surface area is 203 Å². The first-order chi connectivity index (χ1) is 16.6. The van der Waals surface area contributed by atoms with Crippen LogP contribution in [0.1, 0.15) is 60.9 Å². The van der Waals surface area contributed by atoms with Gasteiger partial charge in [-0.25, -0.2) is 0 Å². The van der Waals surface area contributed by atoms with Crippen LogP contribution < -0.4 is 4.74 Å². The van der Waals surface area contributed by atoms with Gasteiger partial charge in [-0.1, -0.05) is 54.6 Å². The molecule has 4 heteroatoms. The lowest BCUT2D eigenvalue weighted by Crippen LogP contribution is -2.42. The van der Waals surface area contributed by atoms with E-state index in [-0.39, 0.29) is 17.8 Å². The molecule has 2 aliphatic carbocycles. The lowest BCUT2D eigenvalue weighted by Gasteiger charge is -2.32. The Bertz CT molecular complexity index is 1020. The van der Waals surface area contributed by atoms with Crippen molar-refractivity contribution in [1.82, 2.24) is 4.90 Å². The third kappa shape index (κ3) is 5.60. The summed E-state index contributed by atoms with van der Waals surface area (Å²) in [6.45, 7) is 1.43. The van der Waals surface area contributed by atoms with Gasteiger partial charge in [0.05, 0.1) is 6.42 Å². The Hall–Kier alpha value is -2.88. The van der Waals surface area contributed by atoms with E-state index in [1.807, 2.05) is 59.5 Å². The first-order valence-electron chi connectivity index (χ1n) is 12.9. The second-order valence-electron chi connectivity index (χ2n) is 10.2. The molecule has 3 aliphatic rings. The van der Waals surface area contributed by atoms with Gasteiger partial charge >= 0.3 is 0 Å². The molecule has 0 radical (unpaired) electrons. The summed E-state index contributed by atoms with van der Waals surface area (Å²) in [6.07, 6.45) is 12.3. The predicted octanol–water partition coefficient (Wildman–Crippen LogP) is 5.86. The number of carbonyl (C=O) groups is 2. The van der Waals surface area contributed by atoms with Crippen molar-refractivity contribution < 1.29 is 14.3 Å². The Morgan fingerprint density at radius 2 is 1.76 bits per heavy atom. The largest absolute Gasteiger partial charge is 0.490 e. The lowest BCUT2D eigenvalue weighted by molar-refractivity contribution is -0.132. The van der Waals surface area contributed by atoms with Crippen molar-refractivity contribution in [2.75, 3.05) is 13.1 Å². The minimum atomic E-state index is 0.0805. The molecule has 2 aromatic rings. The highest BCUT2D eigenvalue weighted by molar-refractivity contribution is 5.96. The summed E-state index contributed by atoms with van der Waals surface area (Å²) in [5.41, 5.74) is 1.81. The summed E-state index contributed by atoms with van der Waals surface area (Å²) in [7, 11) is 0. The first-order valence-corrected chi connectivity index (χ1v) is 12.9. The summed E-state index contributed by atoms with van der Waals surface area (Å²) in [6, 6.07) is 17.6. The molecule has 1 amide bonds. The van der Waals surface area contributed by atoms with E-state index < -0.39 is 0 Å². The number of piperidine rings is 1. The molecule has 34 heavy (non-hydrogen) atoms. The monoisotopic (exact) mass is 457 g/mol. The number of carbonyl (C=O) groups excluding carboxylic acids is 2. The zero-order valence-corrected chi connectivity index (χ0v) is 19.9. The van der Waals surface area contributed by atoms with Crippen LogP contribution in [0.2, 0.25) is 0 Å². The molecule has 5 rings (SSSR count). The molecule has 178 valence electrons. The molecule has 0 spiro atoms. The Morgan fingerprint density at radius 3 is 2.50 bits per heavy atom. The van der Waals surface area contributed by atoms with Crippen LogP contribution in [0.3, 0.4) is 0 Å². The van der Waals surface area contributed by atoms with Gasteiger partial charge in [0.25, 0.3) is 0 Å². The number of Topliss-reactive ketones (excluding diaryl/α,β-unsaturated/α-hetero) is 1. The van der Waals surface area contributed by atoms with E-state index in [2.05, 4.69) is 12.2 Å². The molecule has 2 aromatic carbocycles. The number of hydrogen-bond donors (Lipinski definition) is 0. The van der Waals surface area contributed by atoms with Crippen LogP contribution in [-0.2, 0) is 11.2 Å². The Balaban J connectivity index is 1.06. The van der Waals surface area contributed by atoms with Gasteiger partial charge in [0, 0.05) is 37.9 Å². The van der Waals surface area contributed by atoms with E-state index in [0.717, 1.165) is 60.3 Å². The van der Waals surface area contributed by atoms with Gasteiger partial charge in [-0.3, -0.25) is 9.59 Å². The molecular weight excluding hydrogens is 422 g/mol. The van der Waals surface area contributed by atoms with E-state index in [1.54, 1.807) is 0 Å². The number of likely N-dealkylation sites (tertiary alicyclic amines) is 1. The molecule has 1 saturated carbocycles. The molecule has 1 heterocycles.